The lowest BCUT2D eigenvalue weighted by Crippen LogP contribution is -2.10. The number of hydrogen-bond donors (Lipinski definition) is 1. The Bertz CT molecular complexity index is 429. The van der Waals surface area contributed by atoms with Crippen LogP contribution in [-0.4, -0.2) is 23.6 Å². The summed E-state index contributed by atoms with van der Waals surface area (Å²) >= 11 is 0. The standard InChI is InChI=1S/C13H17NO3/c1-3-4-9(2)17-10-5-6-11-12(14-15)8-16-13(11)7-10/h5-7,9,15H,3-4,8H2,1-2H3/b14-12+. The first kappa shape index (κ1) is 11.8. The second-order valence-corrected chi connectivity index (χ2v) is 4.21. The zero-order chi connectivity index (χ0) is 12.3. The molecule has 0 bridgehead atoms. The topological polar surface area (TPSA) is 51.0 Å². The molecule has 0 aliphatic carbocycles. The minimum absolute atomic E-state index is 0.199. The molecule has 0 radical (unpaired) electrons. The highest BCUT2D eigenvalue weighted by atomic mass is 16.5. The van der Waals surface area contributed by atoms with E-state index >= 15 is 0 Å². The van der Waals surface area contributed by atoms with Gasteiger partial charge in [-0.05, 0) is 25.5 Å². The maximum Gasteiger partial charge on any atom is 0.134 e. The van der Waals surface area contributed by atoms with Gasteiger partial charge in [0.2, 0.25) is 0 Å². The molecule has 0 amide bonds. The number of benzene rings is 1. The van der Waals surface area contributed by atoms with E-state index in [1.165, 1.54) is 0 Å². The molecule has 1 unspecified atom stereocenters. The van der Waals surface area contributed by atoms with Gasteiger partial charge in [0, 0.05) is 11.6 Å². The van der Waals surface area contributed by atoms with Crippen LogP contribution in [-0.2, 0) is 0 Å². The minimum atomic E-state index is 0.199. The Kier molecular flexibility index (Phi) is 3.52. The molecule has 2 rings (SSSR count). The van der Waals surface area contributed by atoms with Gasteiger partial charge in [0.25, 0.3) is 0 Å². The van der Waals surface area contributed by atoms with E-state index in [-0.39, 0.29) is 6.10 Å². The predicted molar refractivity (Wildman–Crippen MR) is 65.3 cm³/mol. The third-order valence-electron chi connectivity index (χ3n) is 2.78. The van der Waals surface area contributed by atoms with E-state index in [9.17, 15) is 0 Å². The number of hydrogen-bond acceptors (Lipinski definition) is 4. The fourth-order valence-corrected chi connectivity index (χ4v) is 1.94. The highest BCUT2D eigenvalue weighted by molar-refractivity contribution is 6.05. The van der Waals surface area contributed by atoms with Crippen LogP contribution in [0, 0.1) is 0 Å². The van der Waals surface area contributed by atoms with Crippen molar-refractivity contribution in [3.05, 3.63) is 23.8 Å². The Morgan fingerprint density at radius 1 is 1.53 bits per heavy atom. The zero-order valence-corrected chi connectivity index (χ0v) is 10.1. The van der Waals surface area contributed by atoms with Crippen LogP contribution in [0.1, 0.15) is 32.3 Å². The fraction of sp³-hybridized carbons (Fsp3) is 0.462. The molecule has 0 aromatic heterocycles. The number of nitrogens with zero attached hydrogens (tertiary/aromatic N) is 1. The first-order valence-corrected chi connectivity index (χ1v) is 5.89. The van der Waals surface area contributed by atoms with E-state index in [4.69, 9.17) is 14.7 Å². The molecule has 0 saturated carbocycles. The van der Waals surface area contributed by atoms with E-state index in [1.54, 1.807) is 0 Å². The first-order valence-electron chi connectivity index (χ1n) is 5.89. The van der Waals surface area contributed by atoms with Crippen molar-refractivity contribution in [3.8, 4) is 11.5 Å². The number of fused-ring (bicyclic) bond motifs is 1. The quantitative estimate of drug-likeness (QED) is 0.645. The summed E-state index contributed by atoms with van der Waals surface area (Å²) in [7, 11) is 0. The summed E-state index contributed by atoms with van der Waals surface area (Å²) in [6, 6.07) is 5.59. The molecular weight excluding hydrogens is 218 g/mol. The molecule has 0 fully saturated rings. The highest BCUT2D eigenvalue weighted by Gasteiger charge is 2.20. The van der Waals surface area contributed by atoms with Crippen molar-refractivity contribution in [3.63, 3.8) is 0 Å². The summed E-state index contributed by atoms with van der Waals surface area (Å²) < 4.78 is 11.2. The van der Waals surface area contributed by atoms with Crippen molar-refractivity contribution in [2.45, 2.75) is 32.8 Å². The van der Waals surface area contributed by atoms with Gasteiger partial charge in [-0.3, -0.25) is 0 Å². The Labute approximate surface area is 101 Å². The van der Waals surface area contributed by atoms with Crippen LogP contribution >= 0.6 is 0 Å². The van der Waals surface area contributed by atoms with Gasteiger partial charge >= 0.3 is 0 Å². The summed E-state index contributed by atoms with van der Waals surface area (Å²) in [5.74, 6) is 1.52. The monoisotopic (exact) mass is 235 g/mol. The molecule has 1 aliphatic heterocycles. The molecule has 0 spiro atoms. The lowest BCUT2D eigenvalue weighted by molar-refractivity contribution is 0.209. The average Bonchev–Trinajstić information content (AvgIpc) is 2.71. The van der Waals surface area contributed by atoms with Crippen molar-refractivity contribution in [2.24, 2.45) is 5.16 Å². The molecule has 4 heteroatoms. The van der Waals surface area contributed by atoms with Crippen LogP contribution in [0.15, 0.2) is 23.4 Å². The number of oxime groups is 1. The second-order valence-electron chi connectivity index (χ2n) is 4.21. The van der Waals surface area contributed by atoms with Crippen molar-refractivity contribution in [2.75, 3.05) is 6.61 Å². The van der Waals surface area contributed by atoms with Gasteiger partial charge in [-0.15, -0.1) is 0 Å². The van der Waals surface area contributed by atoms with Crippen molar-refractivity contribution >= 4 is 5.71 Å². The van der Waals surface area contributed by atoms with Crippen LogP contribution in [0.25, 0.3) is 0 Å². The third-order valence-corrected chi connectivity index (χ3v) is 2.78. The average molecular weight is 235 g/mol. The molecule has 1 atom stereocenters. The van der Waals surface area contributed by atoms with E-state index in [0.717, 1.165) is 29.9 Å². The van der Waals surface area contributed by atoms with Gasteiger partial charge in [0.15, 0.2) is 0 Å². The van der Waals surface area contributed by atoms with Gasteiger partial charge in [0.1, 0.15) is 23.8 Å². The summed E-state index contributed by atoms with van der Waals surface area (Å²) in [6.07, 6.45) is 2.33. The summed E-state index contributed by atoms with van der Waals surface area (Å²) in [5, 5.41) is 12.0. The highest BCUT2D eigenvalue weighted by Crippen LogP contribution is 2.30. The maximum atomic E-state index is 8.77. The summed E-state index contributed by atoms with van der Waals surface area (Å²) in [6.45, 7) is 4.51. The van der Waals surface area contributed by atoms with Crippen LogP contribution in [0.5, 0.6) is 11.5 Å². The van der Waals surface area contributed by atoms with Crippen molar-refractivity contribution in [1.29, 1.82) is 0 Å². The van der Waals surface area contributed by atoms with Gasteiger partial charge in [-0.2, -0.15) is 0 Å². The Morgan fingerprint density at radius 2 is 2.35 bits per heavy atom. The maximum absolute atomic E-state index is 8.77. The van der Waals surface area contributed by atoms with Gasteiger partial charge in [-0.25, -0.2) is 0 Å². The summed E-state index contributed by atoms with van der Waals surface area (Å²) in [5.41, 5.74) is 1.40. The van der Waals surface area contributed by atoms with Crippen LogP contribution < -0.4 is 9.47 Å². The Hall–Kier alpha value is -1.71. The smallest absolute Gasteiger partial charge is 0.134 e. The molecule has 1 heterocycles. The van der Waals surface area contributed by atoms with Crippen LogP contribution in [0.3, 0.4) is 0 Å². The largest absolute Gasteiger partial charge is 0.491 e. The fourth-order valence-electron chi connectivity index (χ4n) is 1.94. The Balaban J connectivity index is 2.13. The normalized spacial score (nSPS) is 17.6. The number of ether oxygens (including phenoxy) is 2. The number of rotatable bonds is 4. The lowest BCUT2D eigenvalue weighted by atomic mass is 10.1. The zero-order valence-electron chi connectivity index (χ0n) is 10.1. The molecule has 0 saturated heterocycles. The second kappa shape index (κ2) is 5.08. The molecule has 1 aromatic rings. The molecule has 1 aliphatic rings. The lowest BCUT2D eigenvalue weighted by Gasteiger charge is -2.14. The van der Waals surface area contributed by atoms with E-state index in [1.807, 2.05) is 18.2 Å². The van der Waals surface area contributed by atoms with Crippen molar-refractivity contribution in [1.82, 2.24) is 0 Å². The first-order chi connectivity index (χ1) is 8.24. The van der Waals surface area contributed by atoms with Crippen molar-refractivity contribution < 1.29 is 14.7 Å². The molecular formula is C13H17NO3. The molecule has 1 aromatic carbocycles. The van der Waals surface area contributed by atoms with Crippen LogP contribution in [0.2, 0.25) is 0 Å². The Morgan fingerprint density at radius 3 is 3.06 bits per heavy atom. The van der Waals surface area contributed by atoms with Gasteiger partial charge in [-0.1, -0.05) is 18.5 Å². The molecule has 4 nitrogen and oxygen atoms in total. The van der Waals surface area contributed by atoms with Crippen LogP contribution in [0.4, 0.5) is 0 Å². The molecule has 92 valence electrons. The van der Waals surface area contributed by atoms with Gasteiger partial charge in [0.05, 0.1) is 6.10 Å². The van der Waals surface area contributed by atoms with E-state index in [0.29, 0.717) is 12.3 Å². The summed E-state index contributed by atoms with van der Waals surface area (Å²) in [4.78, 5) is 0. The predicted octanol–water partition coefficient (Wildman–Crippen LogP) is 2.82. The molecule has 17 heavy (non-hydrogen) atoms. The van der Waals surface area contributed by atoms with E-state index < -0.39 is 0 Å². The van der Waals surface area contributed by atoms with Gasteiger partial charge < -0.3 is 14.7 Å². The SMILES string of the molecule is CCCC(C)Oc1ccc2c(c1)OC/C2=N\O. The third kappa shape index (κ3) is 2.52. The minimum Gasteiger partial charge on any atom is -0.491 e. The van der Waals surface area contributed by atoms with E-state index in [2.05, 4.69) is 19.0 Å². The molecule has 1 N–H and O–H groups in total.